The summed E-state index contributed by atoms with van der Waals surface area (Å²) in [5.74, 6) is 0. The average Bonchev–Trinajstić information content (AvgIpc) is 3.14. The van der Waals surface area contributed by atoms with Crippen molar-refractivity contribution < 1.29 is 18.9 Å². The highest BCUT2D eigenvalue weighted by atomic mass is 31.2. The van der Waals surface area contributed by atoms with Gasteiger partial charge >= 0.3 is 0 Å². The third-order valence-electron chi connectivity index (χ3n) is 11.0. The molecule has 0 aromatic heterocycles. The predicted molar refractivity (Wildman–Crippen MR) is 263 cm³/mol. The molecule has 0 atom stereocenters. The highest BCUT2D eigenvalue weighted by Gasteiger charge is 1.99. The minimum absolute atomic E-state index is 0.180. The number of rotatable bonds is 33. The molecule has 0 aliphatic carbocycles. The minimum atomic E-state index is -4.90. The SMILES string of the molecule is CC(C)=CCC/C(C)=C/CC/C(C)=C/CC/C(C)=C/CC/C(C)=C/CC/C(C)=C/CC/C(C)=C/CC/C(C)=C/CC/C(C)=C/CC/C(C)=C/CC/C(C)=C/COP(=O)([O-])[O-]. The lowest BCUT2D eigenvalue weighted by Crippen LogP contribution is -2.16. The van der Waals surface area contributed by atoms with E-state index in [2.05, 4.69) is 141 Å². The lowest BCUT2D eigenvalue weighted by Gasteiger charge is -2.27. The first kappa shape index (κ1) is 57.2. The van der Waals surface area contributed by atoms with Crippen LogP contribution in [0, 0.1) is 0 Å². The van der Waals surface area contributed by atoms with E-state index in [-0.39, 0.29) is 6.61 Å². The molecule has 0 rings (SSSR count). The number of allylic oxidation sites excluding steroid dienone is 21. The number of phosphoric acid groups is 1. The van der Waals surface area contributed by atoms with Crippen molar-refractivity contribution in [3.8, 4) is 0 Å². The molecule has 0 aliphatic heterocycles. The van der Waals surface area contributed by atoms with Crippen LogP contribution in [0.2, 0.25) is 0 Å². The fourth-order valence-electron chi connectivity index (χ4n) is 6.80. The van der Waals surface area contributed by atoms with E-state index in [1.54, 1.807) is 6.08 Å². The summed E-state index contributed by atoms with van der Waals surface area (Å²) < 4.78 is 14.8. The van der Waals surface area contributed by atoms with E-state index in [1.807, 2.05) is 6.92 Å². The molecule has 0 bridgehead atoms. The van der Waals surface area contributed by atoms with Crippen molar-refractivity contribution >= 4 is 7.82 Å². The molecule has 60 heavy (non-hydrogen) atoms. The second-order valence-electron chi connectivity index (χ2n) is 17.9. The fraction of sp³-hybridized carbons (Fsp3) is 0.600. The second kappa shape index (κ2) is 35.8. The summed E-state index contributed by atoms with van der Waals surface area (Å²) in [7, 11) is -4.90. The summed E-state index contributed by atoms with van der Waals surface area (Å²) in [6.07, 6.45) is 47.8. The van der Waals surface area contributed by atoms with Crippen LogP contribution in [-0.2, 0) is 9.09 Å². The quantitative estimate of drug-likeness (QED) is 0.0487. The van der Waals surface area contributed by atoms with E-state index in [9.17, 15) is 14.4 Å². The van der Waals surface area contributed by atoms with Crippen molar-refractivity contribution in [1.82, 2.24) is 0 Å². The van der Waals surface area contributed by atoms with Gasteiger partial charge in [-0.25, -0.2) is 0 Å². The van der Waals surface area contributed by atoms with E-state index in [0.29, 0.717) is 0 Å². The molecule has 340 valence electrons. The Morgan fingerprint density at radius 2 is 0.483 bits per heavy atom. The summed E-state index contributed by atoms with van der Waals surface area (Å²) in [6, 6.07) is 0. The van der Waals surface area contributed by atoms with Gasteiger partial charge in [-0.15, -0.1) is 0 Å². The van der Waals surface area contributed by atoms with Crippen LogP contribution in [0.1, 0.15) is 212 Å². The van der Waals surface area contributed by atoms with Gasteiger partial charge in [0, 0.05) is 0 Å². The molecule has 0 spiro atoms. The Kier molecular flexibility index (Phi) is 34.2. The van der Waals surface area contributed by atoms with E-state index in [1.165, 1.54) is 75.0 Å². The highest BCUT2D eigenvalue weighted by molar-refractivity contribution is 7.43. The molecule has 0 unspecified atom stereocenters. The van der Waals surface area contributed by atoms with Gasteiger partial charge in [0.1, 0.15) is 0 Å². The highest BCUT2D eigenvalue weighted by Crippen LogP contribution is 2.24. The Balaban J connectivity index is 4.28. The molecular formula is C55H89O4P-2. The summed E-state index contributed by atoms with van der Waals surface area (Å²) in [5.41, 5.74) is 15.8. The van der Waals surface area contributed by atoms with E-state index < -0.39 is 7.82 Å². The zero-order valence-corrected chi connectivity index (χ0v) is 41.7. The lowest BCUT2D eigenvalue weighted by molar-refractivity contribution is -0.340. The van der Waals surface area contributed by atoms with Crippen LogP contribution in [0.4, 0.5) is 0 Å². The summed E-state index contributed by atoms with van der Waals surface area (Å²) >= 11 is 0. The largest absolute Gasteiger partial charge is 0.790 e. The predicted octanol–water partition coefficient (Wildman–Crippen LogP) is 17.1. The summed E-state index contributed by atoms with van der Waals surface area (Å²) in [4.78, 5) is 21.1. The number of hydrogen-bond donors (Lipinski definition) is 0. The van der Waals surface area contributed by atoms with Crippen LogP contribution in [0.5, 0.6) is 0 Å². The zero-order chi connectivity index (χ0) is 45.2. The van der Waals surface area contributed by atoms with Gasteiger partial charge in [0.25, 0.3) is 0 Å². The van der Waals surface area contributed by atoms with Crippen molar-refractivity contribution in [3.63, 3.8) is 0 Å². The Hall–Kier alpha value is -2.75. The molecule has 0 aromatic rings. The molecule has 0 fully saturated rings. The molecule has 0 aliphatic rings. The topological polar surface area (TPSA) is 72.4 Å². The molecule has 0 amide bonds. The van der Waals surface area contributed by atoms with E-state index >= 15 is 0 Å². The van der Waals surface area contributed by atoms with Crippen LogP contribution in [0.15, 0.2) is 128 Å². The number of hydrogen-bond acceptors (Lipinski definition) is 4. The molecular weight excluding hydrogens is 756 g/mol. The first-order chi connectivity index (χ1) is 28.4. The number of phosphoric ester groups is 1. The first-order valence-corrected chi connectivity index (χ1v) is 24.7. The van der Waals surface area contributed by atoms with Crippen LogP contribution in [0.3, 0.4) is 0 Å². The first-order valence-electron chi connectivity index (χ1n) is 23.2. The van der Waals surface area contributed by atoms with E-state index in [0.717, 1.165) is 115 Å². The summed E-state index contributed by atoms with van der Waals surface area (Å²) in [5, 5.41) is 0. The Morgan fingerprint density at radius 1 is 0.317 bits per heavy atom. The van der Waals surface area contributed by atoms with Gasteiger partial charge in [-0.1, -0.05) is 128 Å². The second-order valence-corrected chi connectivity index (χ2v) is 19.1. The molecule has 0 heterocycles. The fourth-order valence-corrected chi connectivity index (χ4v) is 7.05. The van der Waals surface area contributed by atoms with Crippen molar-refractivity contribution in [2.45, 2.75) is 212 Å². The standard InChI is InChI=1S/C55H91O4P/c1-45(2)23-13-24-46(3)25-14-26-47(4)27-15-28-48(5)29-16-30-49(6)31-17-32-50(7)33-18-34-51(8)35-19-36-52(9)37-20-38-53(10)39-21-40-54(11)41-22-42-55(12)43-44-59-60(56,57)58/h23,25,27,29,31,33,35,37,39,41,43H,13-22,24,26,28,30,32,34,36,38,40,42,44H2,1-12H3,(H2,56,57,58)/p-2/b46-25+,47-27+,48-29+,49-31+,50-33+,51-35+,52-37+,53-39+,54-41+,55-43+. The van der Waals surface area contributed by atoms with E-state index in [4.69, 9.17) is 0 Å². The molecule has 4 nitrogen and oxygen atoms in total. The Labute approximate surface area is 371 Å². The van der Waals surface area contributed by atoms with Gasteiger partial charge in [-0.2, -0.15) is 0 Å². The van der Waals surface area contributed by atoms with Crippen molar-refractivity contribution in [2.24, 2.45) is 0 Å². The van der Waals surface area contributed by atoms with Gasteiger partial charge in [0.15, 0.2) is 0 Å². The maximum Gasteiger partial charge on any atom is 0.0702 e. The maximum absolute atomic E-state index is 10.6. The van der Waals surface area contributed by atoms with Gasteiger partial charge in [-0.3, -0.25) is 0 Å². The van der Waals surface area contributed by atoms with Gasteiger partial charge < -0.3 is 18.9 Å². The van der Waals surface area contributed by atoms with Crippen LogP contribution in [0.25, 0.3) is 0 Å². The van der Waals surface area contributed by atoms with Crippen molar-refractivity contribution in [2.75, 3.05) is 6.61 Å². The van der Waals surface area contributed by atoms with Crippen LogP contribution < -0.4 is 9.79 Å². The third-order valence-corrected chi connectivity index (χ3v) is 11.5. The molecule has 0 saturated heterocycles. The average molecular weight is 845 g/mol. The maximum atomic E-state index is 10.6. The molecule has 0 N–H and O–H groups in total. The normalized spacial score (nSPS) is 15.0. The molecule has 0 radical (unpaired) electrons. The van der Waals surface area contributed by atoms with Gasteiger partial charge in [-0.05, 0) is 212 Å². The van der Waals surface area contributed by atoms with Crippen LogP contribution in [-0.4, -0.2) is 6.61 Å². The van der Waals surface area contributed by atoms with Gasteiger partial charge in [0.05, 0.1) is 14.4 Å². The van der Waals surface area contributed by atoms with Crippen LogP contribution >= 0.6 is 7.82 Å². The Morgan fingerprint density at radius 3 is 0.650 bits per heavy atom. The summed E-state index contributed by atoms with van der Waals surface area (Å²) in [6.45, 7) is 26.5. The molecule has 0 aromatic carbocycles. The third kappa shape index (κ3) is 39.4. The zero-order valence-electron chi connectivity index (χ0n) is 40.8. The smallest absolute Gasteiger partial charge is 0.0702 e. The monoisotopic (exact) mass is 845 g/mol. The lowest BCUT2D eigenvalue weighted by atomic mass is 10.0. The van der Waals surface area contributed by atoms with Crippen molar-refractivity contribution in [3.05, 3.63) is 128 Å². The minimum Gasteiger partial charge on any atom is -0.790 e. The Bertz CT molecular complexity index is 1600. The van der Waals surface area contributed by atoms with Gasteiger partial charge in [0.2, 0.25) is 0 Å². The van der Waals surface area contributed by atoms with Crippen molar-refractivity contribution in [1.29, 1.82) is 0 Å². The molecule has 5 heteroatoms. The molecule has 0 saturated carbocycles.